The number of carbonyl (C=O) groups is 3. The maximum atomic E-state index is 13.2. The zero-order valence-corrected chi connectivity index (χ0v) is 17.3. The molecule has 3 N–H and O–H groups in total. The topological polar surface area (TPSA) is 126 Å². The van der Waals surface area contributed by atoms with Gasteiger partial charge in [-0.05, 0) is 37.7 Å². The van der Waals surface area contributed by atoms with Gasteiger partial charge in [0.2, 0.25) is 5.91 Å². The van der Waals surface area contributed by atoms with E-state index in [9.17, 15) is 14.4 Å². The van der Waals surface area contributed by atoms with E-state index in [1.165, 1.54) is 4.90 Å². The van der Waals surface area contributed by atoms with Gasteiger partial charge in [0.15, 0.2) is 0 Å². The number of amides is 3. The molecule has 164 valence electrons. The fourth-order valence-corrected chi connectivity index (χ4v) is 5.39. The first-order chi connectivity index (χ1) is 14.4. The van der Waals surface area contributed by atoms with Crippen molar-refractivity contribution >= 4 is 18.4 Å². The number of carbonyl (C=O) groups excluding carboxylic acids is 2. The summed E-state index contributed by atoms with van der Waals surface area (Å²) in [7, 11) is 0. The van der Waals surface area contributed by atoms with Crippen LogP contribution in [0.15, 0.2) is 23.0 Å². The average Bonchev–Trinajstić information content (AvgIpc) is 3.21. The monoisotopic (exact) mass is 418 g/mol. The summed E-state index contributed by atoms with van der Waals surface area (Å²) in [5.74, 6) is 0.477. The van der Waals surface area contributed by atoms with Crippen LogP contribution in [-0.4, -0.2) is 63.6 Å². The predicted molar refractivity (Wildman–Crippen MR) is 110 cm³/mol. The lowest BCUT2D eigenvalue weighted by atomic mass is 9.77. The number of primary amides is 1. The van der Waals surface area contributed by atoms with Crippen LogP contribution in [0.25, 0.3) is 0 Å². The molecule has 4 heterocycles. The van der Waals surface area contributed by atoms with E-state index < -0.39 is 12.1 Å². The lowest BCUT2D eigenvalue weighted by molar-refractivity contribution is -0.138. The Morgan fingerprint density at radius 2 is 2.03 bits per heavy atom. The molecule has 2 fully saturated rings. The number of aromatic nitrogens is 1. The number of hydrogen-bond donors (Lipinski definition) is 2. The van der Waals surface area contributed by atoms with Crippen molar-refractivity contribution < 1.29 is 19.5 Å². The third-order valence-electron chi connectivity index (χ3n) is 6.52. The Bertz CT molecular complexity index is 854. The minimum atomic E-state index is -0.510. The summed E-state index contributed by atoms with van der Waals surface area (Å²) < 4.78 is 1.98. The van der Waals surface area contributed by atoms with E-state index in [-0.39, 0.29) is 35.8 Å². The zero-order chi connectivity index (χ0) is 21.8. The smallest absolute Gasteiger partial charge is 0.315 e. The van der Waals surface area contributed by atoms with Crippen LogP contribution in [0.3, 0.4) is 0 Å². The minimum Gasteiger partial charge on any atom is -0.483 e. The van der Waals surface area contributed by atoms with Gasteiger partial charge in [-0.15, -0.1) is 0 Å². The molecule has 3 amide bonds. The van der Waals surface area contributed by atoms with Crippen LogP contribution < -0.4 is 11.3 Å². The van der Waals surface area contributed by atoms with Crippen LogP contribution in [0.1, 0.15) is 56.7 Å². The van der Waals surface area contributed by atoms with Crippen LogP contribution >= 0.6 is 0 Å². The number of nitrogens with zero attached hydrogens (tertiary/aromatic N) is 3. The molecule has 0 radical (unpaired) electrons. The van der Waals surface area contributed by atoms with Gasteiger partial charge in [-0.3, -0.25) is 14.4 Å². The van der Waals surface area contributed by atoms with Crippen molar-refractivity contribution in [3.63, 3.8) is 0 Å². The summed E-state index contributed by atoms with van der Waals surface area (Å²) >= 11 is 0. The molecular weight excluding hydrogens is 388 g/mol. The Kier molecular flexibility index (Phi) is 6.79. The largest absolute Gasteiger partial charge is 0.483 e. The second-order valence-electron chi connectivity index (χ2n) is 8.25. The van der Waals surface area contributed by atoms with Gasteiger partial charge in [0.1, 0.15) is 6.04 Å². The van der Waals surface area contributed by atoms with E-state index in [0.29, 0.717) is 26.1 Å². The molecule has 1 aromatic heterocycles. The SMILES string of the molecule is CCC[C@H]1[C@H]2C[C@H](CN(C(=O)[C@@H]3CCCN3C(N)=O)C2)c2cccc(=O)n21.O=CO. The minimum absolute atomic E-state index is 0.0166. The first-order valence-corrected chi connectivity index (χ1v) is 10.6. The van der Waals surface area contributed by atoms with Crippen LogP contribution in [0.5, 0.6) is 0 Å². The third-order valence-corrected chi connectivity index (χ3v) is 6.52. The van der Waals surface area contributed by atoms with Crippen molar-refractivity contribution in [2.45, 2.75) is 57.0 Å². The molecule has 0 aromatic carbocycles. The van der Waals surface area contributed by atoms with Gasteiger partial charge in [-0.2, -0.15) is 0 Å². The summed E-state index contributed by atoms with van der Waals surface area (Å²) in [6.07, 6.45) is 4.45. The second-order valence-corrected chi connectivity index (χ2v) is 8.25. The number of urea groups is 1. The number of nitrogens with two attached hydrogens (primary N) is 1. The number of pyridine rings is 1. The van der Waals surface area contributed by atoms with Crippen LogP contribution in [0.2, 0.25) is 0 Å². The molecule has 2 saturated heterocycles. The summed E-state index contributed by atoms with van der Waals surface area (Å²) in [4.78, 5) is 49.2. The second kappa shape index (κ2) is 9.32. The number of fused-ring (bicyclic) bond motifs is 4. The predicted octanol–water partition coefficient (Wildman–Crippen LogP) is 1.38. The summed E-state index contributed by atoms with van der Waals surface area (Å²) in [5.41, 5.74) is 6.58. The first-order valence-electron chi connectivity index (χ1n) is 10.6. The molecule has 0 unspecified atom stereocenters. The van der Waals surface area contributed by atoms with Gasteiger partial charge in [-0.25, -0.2) is 4.79 Å². The van der Waals surface area contributed by atoms with Crippen molar-refractivity contribution in [2.75, 3.05) is 19.6 Å². The Hall–Kier alpha value is -2.84. The fourth-order valence-electron chi connectivity index (χ4n) is 5.39. The summed E-state index contributed by atoms with van der Waals surface area (Å²) in [6.45, 7) is 3.71. The highest BCUT2D eigenvalue weighted by atomic mass is 16.3. The van der Waals surface area contributed by atoms with Crippen molar-refractivity contribution in [2.24, 2.45) is 11.7 Å². The third kappa shape index (κ3) is 4.06. The summed E-state index contributed by atoms with van der Waals surface area (Å²) in [5, 5.41) is 6.89. The van der Waals surface area contributed by atoms with E-state index in [1.54, 1.807) is 6.07 Å². The molecule has 4 rings (SSSR count). The lowest BCUT2D eigenvalue weighted by Gasteiger charge is -2.47. The molecular formula is C21H30N4O5. The van der Waals surface area contributed by atoms with E-state index in [4.69, 9.17) is 15.6 Å². The number of hydrogen-bond acceptors (Lipinski definition) is 4. The van der Waals surface area contributed by atoms with Crippen LogP contribution in [0.4, 0.5) is 4.79 Å². The quantitative estimate of drug-likeness (QED) is 0.717. The number of rotatable bonds is 3. The maximum absolute atomic E-state index is 13.2. The molecule has 3 aliphatic heterocycles. The van der Waals surface area contributed by atoms with Gasteiger partial charge in [0.05, 0.1) is 0 Å². The van der Waals surface area contributed by atoms with Crippen molar-refractivity contribution in [1.82, 2.24) is 14.4 Å². The van der Waals surface area contributed by atoms with Crippen molar-refractivity contribution in [3.8, 4) is 0 Å². The van der Waals surface area contributed by atoms with Crippen LogP contribution in [-0.2, 0) is 9.59 Å². The van der Waals surface area contributed by atoms with Gasteiger partial charge in [-0.1, -0.05) is 19.4 Å². The molecule has 30 heavy (non-hydrogen) atoms. The van der Waals surface area contributed by atoms with Crippen LogP contribution in [0, 0.1) is 5.92 Å². The Balaban J connectivity index is 0.000000806. The van der Waals surface area contributed by atoms with Gasteiger partial charge >= 0.3 is 6.03 Å². The molecule has 9 heteroatoms. The normalized spacial score (nSPS) is 27.0. The molecule has 2 bridgehead atoms. The first kappa shape index (κ1) is 21.9. The zero-order valence-electron chi connectivity index (χ0n) is 17.3. The lowest BCUT2D eigenvalue weighted by Crippen LogP contribution is -2.55. The number of carboxylic acid groups (broad SMARTS) is 1. The Labute approximate surface area is 175 Å². The summed E-state index contributed by atoms with van der Waals surface area (Å²) in [6, 6.07) is 4.70. The van der Waals surface area contributed by atoms with Crippen molar-refractivity contribution in [1.29, 1.82) is 0 Å². The molecule has 0 aliphatic carbocycles. The van der Waals surface area contributed by atoms with Crippen molar-refractivity contribution in [3.05, 3.63) is 34.2 Å². The van der Waals surface area contributed by atoms with E-state index in [2.05, 4.69) is 6.92 Å². The molecule has 0 spiro atoms. The Morgan fingerprint density at radius 3 is 2.70 bits per heavy atom. The van der Waals surface area contributed by atoms with E-state index in [1.807, 2.05) is 21.6 Å². The highest BCUT2D eigenvalue weighted by Crippen LogP contribution is 2.43. The van der Waals surface area contributed by atoms with Gasteiger partial charge < -0.3 is 25.2 Å². The van der Waals surface area contributed by atoms with E-state index in [0.717, 1.165) is 31.4 Å². The standard InChI is InChI=1S/C20H28N4O3.CH2O2/c1-2-5-15-13-10-14(16-6-3-8-18(25)24(15)16)12-22(11-13)19(26)17-7-4-9-23(17)20(21)27;2-1-3/h3,6,8,13-15,17H,2,4-5,7,9-12H2,1H3,(H2,21,27);1H,(H,2,3)/t13-,14+,15-,17-;/m0./s1. The van der Waals surface area contributed by atoms with Gasteiger partial charge in [0.25, 0.3) is 12.0 Å². The maximum Gasteiger partial charge on any atom is 0.315 e. The molecule has 9 nitrogen and oxygen atoms in total. The Morgan fingerprint density at radius 1 is 1.30 bits per heavy atom. The highest BCUT2D eigenvalue weighted by Gasteiger charge is 2.44. The molecule has 4 atom stereocenters. The number of piperidine rings is 1. The molecule has 0 saturated carbocycles. The highest BCUT2D eigenvalue weighted by molar-refractivity contribution is 5.87. The fraction of sp³-hybridized carbons (Fsp3) is 0.619. The van der Waals surface area contributed by atoms with E-state index >= 15 is 0 Å². The molecule has 3 aliphatic rings. The number of likely N-dealkylation sites (tertiary alicyclic amines) is 2. The van der Waals surface area contributed by atoms with Gasteiger partial charge in [0, 0.05) is 43.4 Å². The average molecular weight is 418 g/mol. The molecule has 1 aromatic rings.